The molecule has 2 rings (SSSR count). The van der Waals surface area contributed by atoms with Crippen molar-refractivity contribution >= 4 is 0 Å². The van der Waals surface area contributed by atoms with Crippen molar-refractivity contribution in [3.8, 4) is 5.75 Å². The van der Waals surface area contributed by atoms with Crippen LogP contribution in [0.5, 0.6) is 5.75 Å². The Morgan fingerprint density at radius 3 is 2.88 bits per heavy atom. The Kier molecular flexibility index (Phi) is 4.02. The van der Waals surface area contributed by atoms with Crippen LogP contribution in [0.2, 0.25) is 0 Å². The first-order valence-electron chi connectivity index (χ1n) is 6.30. The zero-order valence-corrected chi connectivity index (χ0v) is 10.8. The minimum atomic E-state index is 0.160. The molecule has 2 unspecified atom stereocenters. The van der Waals surface area contributed by atoms with Gasteiger partial charge in [-0.2, -0.15) is 0 Å². The predicted molar refractivity (Wildman–Crippen MR) is 68.5 cm³/mol. The maximum atomic E-state index is 5.92. The molecule has 0 aromatic heterocycles. The average molecular weight is 235 g/mol. The summed E-state index contributed by atoms with van der Waals surface area (Å²) in [5.41, 5.74) is 2.40. The largest absolute Gasteiger partial charge is 0.494 e. The maximum absolute atomic E-state index is 5.92. The Morgan fingerprint density at radius 1 is 1.41 bits per heavy atom. The minimum absolute atomic E-state index is 0.160. The van der Waals surface area contributed by atoms with Crippen molar-refractivity contribution in [3.63, 3.8) is 0 Å². The number of rotatable bonds is 3. The topological polar surface area (TPSA) is 30.5 Å². The molecule has 0 amide bonds. The van der Waals surface area contributed by atoms with E-state index in [4.69, 9.17) is 9.47 Å². The van der Waals surface area contributed by atoms with Gasteiger partial charge >= 0.3 is 0 Å². The smallest absolute Gasteiger partial charge is 0.122 e. The van der Waals surface area contributed by atoms with E-state index in [9.17, 15) is 0 Å². The van der Waals surface area contributed by atoms with Gasteiger partial charge in [0, 0.05) is 13.1 Å². The summed E-state index contributed by atoms with van der Waals surface area (Å²) >= 11 is 0. The van der Waals surface area contributed by atoms with E-state index < -0.39 is 0 Å². The third kappa shape index (κ3) is 2.99. The highest BCUT2D eigenvalue weighted by molar-refractivity contribution is 5.37. The molecule has 3 nitrogen and oxygen atoms in total. The van der Waals surface area contributed by atoms with Crippen LogP contribution in [0.15, 0.2) is 18.2 Å². The molecule has 1 saturated heterocycles. The van der Waals surface area contributed by atoms with E-state index in [1.165, 1.54) is 11.1 Å². The normalized spacial score (nSPS) is 24.6. The zero-order chi connectivity index (χ0) is 12.3. The molecule has 0 radical (unpaired) electrons. The van der Waals surface area contributed by atoms with Crippen LogP contribution in [0.3, 0.4) is 0 Å². The van der Waals surface area contributed by atoms with Crippen LogP contribution >= 0.6 is 0 Å². The van der Waals surface area contributed by atoms with E-state index in [1.807, 2.05) is 13.0 Å². The van der Waals surface area contributed by atoms with Crippen LogP contribution in [0, 0.1) is 6.92 Å². The van der Waals surface area contributed by atoms with Crippen LogP contribution in [-0.2, 0) is 4.74 Å². The molecular weight excluding hydrogens is 214 g/mol. The number of aryl methyl sites for hydroxylation is 1. The average Bonchev–Trinajstić information content (AvgIpc) is 2.32. The van der Waals surface area contributed by atoms with Crippen molar-refractivity contribution in [1.29, 1.82) is 0 Å². The summed E-state index contributed by atoms with van der Waals surface area (Å²) in [5.74, 6) is 0.966. The third-order valence-electron chi connectivity index (χ3n) is 3.03. The SMILES string of the molecule is CCOc1ccc(C2CNCC(C)O2)cc1C. The van der Waals surface area contributed by atoms with E-state index in [2.05, 4.69) is 31.3 Å². The molecule has 0 bridgehead atoms. The highest BCUT2D eigenvalue weighted by Gasteiger charge is 2.20. The van der Waals surface area contributed by atoms with Gasteiger partial charge in [-0.15, -0.1) is 0 Å². The van der Waals surface area contributed by atoms with Gasteiger partial charge < -0.3 is 14.8 Å². The summed E-state index contributed by atoms with van der Waals surface area (Å²) in [6.45, 7) is 8.71. The molecule has 1 fully saturated rings. The van der Waals surface area contributed by atoms with Gasteiger partial charge in [0.2, 0.25) is 0 Å². The maximum Gasteiger partial charge on any atom is 0.122 e. The van der Waals surface area contributed by atoms with E-state index in [-0.39, 0.29) is 12.2 Å². The van der Waals surface area contributed by atoms with Crippen LogP contribution in [0.4, 0.5) is 0 Å². The Bertz CT molecular complexity index is 378. The van der Waals surface area contributed by atoms with E-state index in [1.54, 1.807) is 0 Å². The highest BCUT2D eigenvalue weighted by atomic mass is 16.5. The molecule has 1 aliphatic rings. The fraction of sp³-hybridized carbons (Fsp3) is 0.571. The molecule has 1 aromatic rings. The first kappa shape index (κ1) is 12.4. The molecule has 1 aliphatic heterocycles. The minimum Gasteiger partial charge on any atom is -0.494 e. The molecule has 1 aromatic carbocycles. The third-order valence-corrected chi connectivity index (χ3v) is 3.03. The number of hydrogen-bond donors (Lipinski definition) is 1. The predicted octanol–water partition coefficient (Wildman–Crippen LogP) is 2.44. The quantitative estimate of drug-likeness (QED) is 0.873. The Balaban J connectivity index is 2.13. The first-order chi connectivity index (χ1) is 8.20. The van der Waals surface area contributed by atoms with E-state index in [0.29, 0.717) is 6.61 Å². The van der Waals surface area contributed by atoms with Crippen molar-refractivity contribution in [2.75, 3.05) is 19.7 Å². The van der Waals surface area contributed by atoms with Crippen molar-refractivity contribution in [1.82, 2.24) is 5.32 Å². The van der Waals surface area contributed by atoms with Crippen LogP contribution in [0.25, 0.3) is 0 Å². The summed E-state index contributed by atoms with van der Waals surface area (Å²) in [6, 6.07) is 6.30. The second-order valence-corrected chi connectivity index (χ2v) is 4.55. The number of morpholine rings is 1. The van der Waals surface area contributed by atoms with E-state index >= 15 is 0 Å². The summed E-state index contributed by atoms with van der Waals surface area (Å²) in [5, 5.41) is 3.39. The van der Waals surface area contributed by atoms with Crippen molar-refractivity contribution in [2.24, 2.45) is 0 Å². The Morgan fingerprint density at radius 2 is 2.24 bits per heavy atom. The van der Waals surface area contributed by atoms with Gasteiger partial charge in [0.25, 0.3) is 0 Å². The number of hydrogen-bond acceptors (Lipinski definition) is 3. The highest BCUT2D eigenvalue weighted by Crippen LogP contribution is 2.26. The molecule has 2 atom stereocenters. The summed E-state index contributed by atoms with van der Waals surface area (Å²) < 4.78 is 11.5. The molecule has 1 heterocycles. The molecular formula is C14H21NO2. The van der Waals surface area contributed by atoms with Crippen molar-refractivity contribution < 1.29 is 9.47 Å². The lowest BCUT2D eigenvalue weighted by Gasteiger charge is -2.29. The number of ether oxygens (including phenoxy) is 2. The molecule has 94 valence electrons. The fourth-order valence-electron chi connectivity index (χ4n) is 2.18. The molecule has 1 N–H and O–H groups in total. The first-order valence-corrected chi connectivity index (χ1v) is 6.30. The lowest BCUT2D eigenvalue weighted by molar-refractivity contribution is -0.0287. The van der Waals surface area contributed by atoms with Crippen molar-refractivity contribution in [2.45, 2.75) is 33.0 Å². The molecule has 0 saturated carbocycles. The van der Waals surface area contributed by atoms with Gasteiger partial charge in [-0.25, -0.2) is 0 Å². The van der Waals surface area contributed by atoms with Gasteiger partial charge in [-0.05, 0) is 44.0 Å². The molecule has 3 heteroatoms. The monoisotopic (exact) mass is 235 g/mol. The van der Waals surface area contributed by atoms with Crippen LogP contribution in [0.1, 0.15) is 31.1 Å². The second-order valence-electron chi connectivity index (χ2n) is 4.55. The zero-order valence-electron chi connectivity index (χ0n) is 10.8. The number of benzene rings is 1. The molecule has 0 spiro atoms. The summed E-state index contributed by atoms with van der Waals surface area (Å²) in [4.78, 5) is 0. The number of nitrogens with one attached hydrogen (secondary N) is 1. The fourth-order valence-corrected chi connectivity index (χ4v) is 2.18. The van der Waals surface area contributed by atoms with Gasteiger partial charge in [0.1, 0.15) is 5.75 Å². The summed E-state index contributed by atoms with van der Waals surface area (Å²) in [6.07, 6.45) is 0.439. The second kappa shape index (κ2) is 5.52. The Hall–Kier alpha value is -1.06. The van der Waals surface area contributed by atoms with Gasteiger partial charge in [-0.3, -0.25) is 0 Å². The van der Waals surface area contributed by atoms with Gasteiger partial charge in [-0.1, -0.05) is 6.07 Å². The van der Waals surface area contributed by atoms with E-state index in [0.717, 1.165) is 18.8 Å². The van der Waals surface area contributed by atoms with Gasteiger partial charge in [0.15, 0.2) is 0 Å². The van der Waals surface area contributed by atoms with Crippen LogP contribution in [-0.4, -0.2) is 25.8 Å². The standard InChI is InChI=1S/C14H21NO2/c1-4-16-13-6-5-12(7-10(13)2)14-9-15-8-11(3)17-14/h5-7,11,14-15H,4,8-9H2,1-3H3. The molecule has 0 aliphatic carbocycles. The van der Waals surface area contributed by atoms with Crippen LogP contribution < -0.4 is 10.1 Å². The lowest BCUT2D eigenvalue weighted by atomic mass is 10.0. The summed E-state index contributed by atoms with van der Waals surface area (Å²) in [7, 11) is 0. The Labute approximate surface area is 103 Å². The lowest BCUT2D eigenvalue weighted by Crippen LogP contribution is -2.38. The molecule has 17 heavy (non-hydrogen) atoms. The van der Waals surface area contributed by atoms with Gasteiger partial charge in [0.05, 0.1) is 18.8 Å². The van der Waals surface area contributed by atoms with Crippen molar-refractivity contribution in [3.05, 3.63) is 29.3 Å².